The van der Waals surface area contributed by atoms with Crippen LogP contribution < -0.4 is 5.73 Å². The standard InChI is InChI=1S/C13H16BrN3O2S/c1-2-20(18,19)8-7-17-13(15)9-12(16-17)10-5-3-4-6-11(10)14/h3-6,9H,2,7-8,15H2,1H3. The molecule has 2 aromatic rings. The number of nitrogen functional groups attached to an aromatic ring is 1. The number of halogens is 1. The lowest BCUT2D eigenvalue weighted by atomic mass is 10.2. The van der Waals surface area contributed by atoms with E-state index in [0.29, 0.717) is 5.82 Å². The van der Waals surface area contributed by atoms with Gasteiger partial charge in [-0.05, 0) is 6.07 Å². The second-order valence-corrected chi connectivity index (χ2v) is 7.72. The van der Waals surface area contributed by atoms with Gasteiger partial charge in [-0.3, -0.25) is 0 Å². The summed E-state index contributed by atoms with van der Waals surface area (Å²) < 4.78 is 25.5. The highest BCUT2D eigenvalue weighted by Crippen LogP contribution is 2.28. The van der Waals surface area contributed by atoms with E-state index >= 15 is 0 Å². The first-order valence-electron chi connectivity index (χ1n) is 6.21. The number of benzene rings is 1. The Morgan fingerprint density at radius 2 is 2.05 bits per heavy atom. The summed E-state index contributed by atoms with van der Waals surface area (Å²) in [6.45, 7) is 1.90. The average molecular weight is 358 g/mol. The first kappa shape index (κ1) is 15.1. The second-order valence-electron chi connectivity index (χ2n) is 4.39. The first-order chi connectivity index (χ1) is 9.43. The first-order valence-corrected chi connectivity index (χ1v) is 8.83. The molecule has 1 aromatic heterocycles. The zero-order valence-electron chi connectivity index (χ0n) is 11.1. The number of nitrogens with zero attached hydrogens (tertiary/aromatic N) is 2. The predicted octanol–water partition coefficient (Wildman–Crippen LogP) is 2.33. The van der Waals surface area contributed by atoms with Gasteiger partial charge >= 0.3 is 0 Å². The molecule has 1 heterocycles. The van der Waals surface area contributed by atoms with Crippen LogP contribution in [0.15, 0.2) is 34.8 Å². The third-order valence-corrected chi connectivity index (χ3v) is 5.39. The van der Waals surface area contributed by atoms with Crippen molar-refractivity contribution in [1.82, 2.24) is 9.78 Å². The van der Waals surface area contributed by atoms with Gasteiger partial charge in [-0.2, -0.15) is 5.10 Å². The van der Waals surface area contributed by atoms with Crippen molar-refractivity contribution in [3.8, 4) is 11.3 Å². The van der Waals surface area contributed by atoms with Gasteiger partial charge in [0.05, 0.1) is 18.0 Å². The molecule has 0 spiro atoms. The lowest BCUT2D eigenvalue weighted by molar-refractivity contribution is 0.583. The van der Waals surface area contributed by atoms with E-state index in [-0.39, 0.29) is 18.1 Å². The summed E-state index contributed by atoms with van der Waals surface area (Å²) in [4.78, 5) is 0. The molecule has 0 amide bonds. The van der Waals surface area contributed by atoms with E-state index in [9.17, 15) is 8.42 Å². The molecule has 0 saturated heterocycles. The Bertz CT molecular complexity index is 710. The lowest BCUT2D eigenvalue weighted by Gasteiger charge is -2.04. The molecule has 0 atom stereocenters. The number of sulfone groups is 1. The molecule has 0 radical (unpaired) electrons. The van der Waals surface area contributed by atoms with E-state index in [2.05, 4.69) is 21.0 Å². The van der Waals surface area contributed by atoms with Crippen LogP contribution >= 0.6 is 15.9 Å². The summed E-state index contributed by atoms with van der Waals surface area (Å²) in [5, 5.41) is 4.38. The summed E-state index contributed by atoms with van der Waals surface area (Å²) in [6, 6.07) is 9.43. The van der Waals surface area contributed by atoms with Crippen molar-refractivity contribution >= 4 is 31.6 Å². The molecule has 5 nitrogen and oxygen atoms in total. The largest absolute Gasteiger partial charge is 0.384 e. The van der Waals surface area contributed by atoms with Gasteiger partial charge in [0.25, 0.3) is 0 Å². The van der Waals surface area contributed by atoms with Gasteiger partial charge in [0.2, 0.25) is 0 Å². The molecule has 2 N–H and O–H groups in total. The number of aromatic nitrogens is 2. The fourth-order valence-electron chi connectivity index (χ4n) is 1.78. The molecule has 7 heteroatoms. The predicted molar refractivity (Wildman–Crippen MR) is 84.1 cm³/mol. The van der Waals surface area contributed by atoms with Gasteiger partial charge in [0.15, 0.2) is 9.84 Å². The maximum Gasteiger partial charge on any atom is 0.151 e. The van der Waals surface area contributed by atoms with Gasteiger partial charge in [-0.25, -0.2) is 13.1 Å². The second kappa shape index (κ2) is 5.97. The van der Waals surface area contributed by atoms with E-state index < -0.39 is 9.84 Å². The van der Waals surface area contributed by atoms with Crippen LogP contribution in [0.25, 0.3) is 11.3 Å². The Morgan fingerprint density at radius 1 is 1.35 bits per heavy atom. The van der Waals surface area contributed by atoms with Crippen LogP contribution in [-0.4, -0.2) is 29.7 Å². The monoisotopic (exact) mass is 357 g/mol. The van der Waals surface area contributed by atoms with E-state index in [1.165, 1.54) is 4.68 Å². The quantitative estimate of drug-likeness (QED) is 0.890. The Hall–Kier alpha value is -1.34. The number of nitrogens with two attached hydrogens (primary N) is 1. The van der Waals surface area contributed by atoms with Crippen molar-refractivity contribution in [2.24, 2.45) is 0 Å². The summed E-state index contributed by atoms with van der Waals surface area (Å²) >= 11 is 3.46. The lowest BCUT2D eigenvalue weighted by Crippen LogP contribution is -2.16. The molecule has 0 unspecified atom stereocenters. The number of hydrogen-bond acceptors (Lipinski definition) is 4. The van der Waals surface area contributed by atoms with Gasteiger partial charge in [0.1, 0.15) is 5.82 Å². The molecular formula is C13H16BrN3O2S. The van der Waals surface area contributed by atoms with E-state index in [0.717, 1.165) is 15.7 Å². The zero-order chi connectivity index (χ0) is 14.8. The van der Waals surface area contributed by atoms with Crippen molar-refractivity contribution in [3.63, 3.8) is 0 Å². The van der Waals surface area contributed by atoms with E-state index in [1.54, 1.807) is 13.0 Å². The van der Waals surface area contributed by atoms with Crippen molar-refractivity contribution in [2.75, 3.05) is 17.2 Å². The minimum atomic E-state index is -3.02. The Labute approximate surface area is 126 Å². The Balaban J connectivity index is 2.25. The fourth-order valence-corrected chi connectivity index (χ4v) is 3.01. The Kier molecular flexibility index (Phi) is 4.49. The van der Waals surface area contributed by atoms with Gasteiger partial charge in [-0.1, -0.05) is 41.1 Å². The highest BCUT2D eigenvalue weighted by Gasteiger charge is 2.12. The van der Waals surface area contributed by atoms with Crippen LogP contribution in [0.1, 0.15) is 6.92 Å². The number of aryl methyl sites for hydroxylation is 1. The average Bonchev–Trinajstić information content (AvgIpc) is 2.78. The molecule has 0 aliphatic heterocycles. The van der Waals surface area contributed by atoms with Gasteiger partial charge in [-0.15, -0.1) is 0 Å². The highest BCUT2D eigenvalue weighted by molar-refractivity contribution is 9.10. The van der Waals surface area contributed by atoms with Crippen molar-refractivity contribution in [1.29, 1.82) is 0 Å². The molecule has 0 aliphatic carbocycles. The zero-order valence-corrected chi connectivity index (χ0v) is 13.5. The SMILES string of the molecule is CCS(=O)(=O)CCn1nc(-c2ccccc2Br)cc1N. The third-order valence-electron chi connectivity index (χ3n) is 3.01. The van der Waals surface area contributed by atoms with E-state index in [1.807, 2.05) is 24.3 Å². The molecule has 2 rings (SSSR count). The maximum absolute atomic E-state index is 11.5. The van der Waals surface area contributed by atoms with Gasteiger partial charge < -0.3 is 5.73 Å². The molecule has 108 valence electrons. The number of rotatable bonds is 5. The van der Waals surface area contributed by atoms with Crippen LogP contribution in [0.3, 0.4) is 0 Å². The molecule has 0 fully saturated rings. The third kappa shape index (κ3) is 3.40. The molecule has 20 heavy (non-hydrogen) atoms. The molecular weight excluding hydrogens is 342 g/mol. The van der Waals surface area contributed by atoms with Crippen molar-refractivity contribution in [3.05, 3.63) is 34.8 Å². The summed E-state index contributed by atoms with van der Waals surface area (Å²) in [5.41, 5.74) is 7.54. The normalized spacial score (nSPS) is 11.7. The number of anilines is 1. The maximum atomic E-state index is 11.5. The molecule has 0 saturated carbocycles. The van der Waals surface area contributed by atoms with Crippen molar-refractivity contribution < 1.29 is 8.42 Å². The molecule has 0 bridgehead atoms. The minimum Gasteiger partial charge on any atom is -0.384 e. The minimum absolute atomic E-state index is 0.0464. The van der Waals surface area contributed by atoms with Crippen LogP contribution in [-0.2, 0) is 16.4 Å². The summed E-state index contributed by atoms with van der Waals surface area (Å²) in [5.74, 6) is 0.637. The van der Waals surface area contributed by atoms with E-state index in [4.69, 9.17) is 5.73 Å². The smallest absolute Gasteiger partial charge is 0.151 e. The van der Waals surface area contributed by atoms with Gasteiger partial charge in [0, 0.05) is 21.9 Å². The van der Waals surface area contributed by atoms with Crippen LogP contribution in [0.2, 0.25) is 0 Å². The molecule has 0 aliphatic rings. The summed E-state index contributed by atoms with van der Waals surface area (Å²) in [7, 11) is -3.02. The fraction of sp³-hybridized carbons (Fsp3) is 0.308. The van der Waals surface area contributed by atoms with Crippen LogP contribution in [0.5, 0.6) is 0 Å². The molecule has 1 aromatic carbocycles. The number of hydrogen-bond donors (Lipinski definition) is 1. The van der Waals surface area contributed by atoms with Crippen LogP contribution in [0, 0.1) is 0 Å². The topological polar surface area (TPSA) is 78.0 Å². The highest BCUT2D eigenvalue weighted by atomic mass is 79.9. The Morgan fingerprint density at radius 3 is 2.70 bits per heavy atom. The van der Waals surface area contributed by atoms with Crippen molar-refractivity contribution in [2.45, 2.75) is 13.5 Å². The summed E-state index contributed by atoms with van der Waals surface area (Å²) in [6.07, 6.45) is 0. The van der Waals surface area contributed by atoms with Crippen LogP contribution in [0.4, 0.5) is 5.82 Å².